The molecule has 1 aliphatic rings. The van der Waals surface area contributed by atoms with Crippen molar-refractivity contribution in [3.05, 3.63) is 29.8 Å². The molecular weight excluding hydrogens is 515 g/mol. The fourth-order valence-corrected chi connectivity index (χ4v) is 5.08. The Morgan fingerprint density at radius 3 is 2.80 bits per heavy atom. The number of ether oxygens (including phenoxy) is 1. The third-order valence-corrected chi connectivity index (χ3v) is 6.86. The molecule has 1 aliphatic heterocycles. The van der Waals surface area contributed by atoms with Crippen LogP contribution in [0.25, 0.3) is 0 Å². The van der Waals surface area contributed by atoms with E-state index < -0.39 is 10.0 Å². The number of sulfonamides is 1. The number of aliphatic imine (C=N–C) groups is 1. The van der Waals surface area contributed by atoms with Crippen molar-refractivity contribution in [3.8, 4) is 0 Å². The predicted molar refractivity (Wildman–Crippen MR) is 133 cm³/mol. The number of likely N-dealkylation sites (tertiary alicyclic amines) is 1. The second kappa shape index (κ2) is 12.8. The SMILES string of the molecule is CCCC1(C)CCCN(C(=NC)NCc2cccc(S(=O)(=O)NCCOC)c2)C1.I. The summed E-state index contributed by atoms with van der Waals surface area (Å²) in [6.45, 7) is 7.70. The van der Waals surface area contributed by atoms with Gasteiger partial charge in [-0.15, -0.1) is 24.0 Å². The van der Waals surface area contributed by atoms with Gasteiger partial charge in [0.2, 0.25) is 10.0 Å². The minimum absolute atomic E-state index is 0. The molecule has 0 bridgehead atoms. The zero-order valence-corrected chi connectivity index (χ0v) is 21.8. The normalized spacial score (nSPS) is 20.0. The molecule has 0 amide bonds. The van der Waals surface area contributed by atoms with Crippen LogP contribution in [0.5, 0.6) is 0 Å². The number of rotatable bonds is 9. The summed E-state index contributed by atoms with van der Waals surface area (Å²) < 4.78 is 32.3. The van der Waals surface area contributed by atoms with Gasteiger partial charge in [0.05, 0.1) is 11.5 Å². The van der Waals surface area contributed by atoms with Gasteiger partial charge < -0.3 is 15.0 Å². The zero-order valence-electron chi connectivity index (χ0n) is 18.6. The summed E-state index contributed by atoms with van der Waals surface area (Å²) in [5.74, 6) is 0.874. The largest absolute Gasteiger partial charge is 0.383 e. The second-order valence-electron chi connectivity index (χ2n) is 8.02. The lowest BCUT2D eigenvalue weighted by molar-refractivity contribution is 0.142. The Kier molecular flexibility index (Phi) is 11.6. The summed E-state index contributed by atoms with van der Waals surface area (Å²) in [5, 5.41) is 3.41. The van der Waals surface area contributed by atoms with Gasteiger partial charge in [0, 0.05) is 40.3 Å². The number of halogens is 1. The average Bonchev–Trinajstić information content (AvgIpc) is 2.69. The third-order valence-electron chi connectivity index (χ3n) is 5.40. The molecule has 7 nitrogen and oxygen atoms in total. The first kappa shape index (κ1) is 27.1. The number of hydrogen-bond donors (Lipinski definition) is 2. The molecular formula is C21H37IN4O3S. The first-order valence-corrected chi connectivity index (χ1v) is 11.8. The molecule has 0 aliphatic carbocycles. The van der Waals surface area contributed by atoms with Gasteiger partial charge in [0.25, 0.3) is 0 Å². The van der Waals surface area contributed by atoms with Crippen molar-refractivity contribution >= 4 is 40.0 Å². The highest BCUT2D eigenvalue weighted by molar-refractivity contribution is 14.0. The maximum atomic E-state index is 12.4. The summed E-state index contributed by atoms with van der Waals surface area (Å²) in [4.78, 5) is 7.05. The Labute approximate surface area is 199 Å². The highest BCUT2D eigenvalue weighted by atomic mass is 127. The van der Waals surface area contributed by atoms with Crippen LogP contribution in [-0.2, 0) is 21.3 Å². The molecule has 1 aromatic carbocycles. The quantitative estimate of drug-likeness (QED) is 0.213. The van der Waals surface area contributed by atoms with Crippen LogP contribution in [0, 0.1) is 5.41 Å². The summed E-state index contributed by atoms with van der Waals surface area (Å²) >= 11 is 0. The van der Waals surface area contributed by atoms with Crippen LogP contribution >= 0.6 is 24.0 Å². The molecule has 9 heteroatoms. The molecule has 1 unspecified atom stereocenters. The van der Waals surface area contributed by atoms with Crippen molar-refractivity contribution < 1.29 is 13.2 Å². The van der Waals surface area contributed by atoms with Crippen molar-refractivity contribution in [1.82, 2.24) is 14.9 Å². The van der Waals surface area contributed by atoms with Crippen LogP contribution in [0.4, 0.5) is 0 Å². The fraction of sp³-hybridized carbons (Fsp3) is 0.667. The molecule has 2 N–H and O–H groups in total. The van der Waals surface area contributed by atoms with Crippen LogP contribution < -0.4 is 10.0 Å². The summed E-state index contributed by atoms with van der Waals surface area (Å²) in [6.07, 6.45) is 4.83. The topological polar surface area (TPSA) is 83.0 Å². The summed E-state index contributed by atoms with van der Waals surface area (Å²) in [6, 6.07) is 7.00. The van der Waals surface area contributed by atoms with E-state index in [1.807, 2.05) is 6.07 Å². The van der Waals surface area contributed by atoms with Gasteiger partial charge >= 0.3 is 0 Å². The van der Waals surface area contributed by atoms with E-state index in [1.54, 1.807) is 32.4 Å². The monoisotopic (exact) mass is 552 g/mol. The van der Waals surface area contributed by atoms with Crippen molar-refractivity contribution in [2.45, 2.75) is 51.0 Å². The molecule has 0 saturated carbocycles. The number of piperidine rings is 1. The second-order valence-corrected chi connectivity index (χ2v) is 9.79. The fourth-order valence-electron chi connectivity index (χ4n) is 4.00. The van der Waals surface area contributed by atoms with E-state index in [-0.39, 0.29) is 35.4 Å². The lowest BCUT2D eigenvalue weighted by Gasteiger charge is -2.42. The van der Waals surface area contributed by atoms with Crippen LogP contribution in [0.3, 0.4) is 0 Å². The van der Waals surface area contributed by atoms with E-state index in [0.717, 1.165) is 31.0 Å². The number of hydrogen-bond acceptors (Lipinski definition) is 4. The Morgan fingerprint density at radius 2 is 2.13 bits per heavy atom. The minimum atomic E-state index is -3.54. The highest BCUT2D eigenvalue weighted by Crippen LogP contribution is 2.33. The number of guanidine groups is 1. The van der Waals surface area contributed by atoms with Crippen LogP contribution in [0.1, 0.15) is 45.1 Å². The molecule has 1 aromatic rings. The van der Waals surface area contributed by atoms with Crippen molar-refractivity contribution in [1.29, 1.82) is 0 Å². The summed E-state index contributed by atoms with van der Waals surface area (Å²) in [7, 11) is -0.197. The Morgan fingerprint density at radius 1 is 1.37 bits per heavy atom. The molecule has 1 saturated heterocycles. The Bertz CT molecular complexity index is 784. The molecule has 0 aromatic heterocycles. The third kappa shape index (κ3) is 7.97. The number of benzene rings is 1. The molecule has 30 heavy (non-hydrogen) atoms. The van der Waals surface area contributed by atoms with Crippen molar-refractivity contribution in [2.75, 3.05) is 40.4 Å². The van der Waals surface area contributed by atoms with Gasteiger partial charge in [-0.3, -0.25) is 4.99 Å². The Hall–Kier alpha value is -0.910. The maximum absolute atomic E-state index is 12.4. The summed E-state index contributed by atoms with van der Waals surface area (Å²) in [5.41, 5.74) is 1.22. The van der Waals surface area contributed by atoms with Gasteiger partial charge in [-0.05, 0) is 42.4 Å². The molecule has 0 spiro atoms. The first-order valence-electron chi connectivity index (χ1n) is 10.4. The average molecular weight is 553 g/mol. The predicted octanol–water partition coefficient (Wildman–Crippen LogP) is 3.21. The van der Waals surface area contributed by atoms with Crippen molar-refractivity contribution in [2.24, 2.45) is 10.4 Å². The van der Waals surface area contributed by atoms with E-state index in [1.165, 1.54) is 19.3 Å². The molecule has 0 radical (unpaired) electrons. The molecule has 2 rings (SSSR count). The molecule has 1 atom stereocenters. The van der Waals surface area contributed by atoms with Gasteiger partial charge in [-0.25, -0.2) is 13.1 Å². The van der Waals surface area contributed by atoms with E-state index in [0.29, 0.717) is 18.6 Å². The number of methoxy groups -OCH3 is 1. The Balaban J connectivity index is 0.00000450. The van der Waals surface area contributed by atoms with Crippen LogP contribution in [0.15, 0.2) is 34.2 Å². The maximum Gasteiger partial charge on any atom is 0.240 e. The minimum Gasteiger partial charge on any atom is -0.383 e. The standard InChI is InChI=1S/C21H36N4O3S.HI/c1-5-10-21(2)11-7-13-25(17-21)20(22-3)23-16-18-8-6-9-19(15-18)29(26,27)24-12-14-28-4;/h6,8-9,15,24H,5,7,10-14,16-17H2,1-4H3,(H,22,23);1H. The van der Waals surface area contributed by atoms with Gasteiger partial charge in [0.1, 0.15) is 0 Å². The number of nitrogens with one attached hydrogen (secondary N) is 2. The highest BCUT2D eigenvalue weighted by Gasteiger charge is 2.31. The van der Waals surface area contributed by atoms with Crippen molar-refractivity contribution in [3.63, 3.8) is 0 Å². The smallest absolute Gasteiger partial charge is 0.240 e. The van der Waals surface area contributed by atoms with E-state index in [4.69, 9.17) is 4.74 Å². The van der Waals surface area contributed by atoms with E-state index in [9.17, 15) is 8.42 Å². The first-order chi connectivity index (χ1) is 13.8. The van der Waals surface area contributed by atoms with Gasteiger partial charge in [-0.1, -0.05) is 32.4 Å². The zero-order chi connectivity index (χ0) is 21.3. The van der Waals surface area contributed by atoms with Gasteiger partial charge in [-0.2, -0.15) is 0 Å². The van der Waals surface area contributed by atoms with Crippen LogP contribution in [0.2, 0.25) is 0 Å². The molecule has 1 fully saturated rings. The van der Waals surface area contributed by atoms with E-state index in [2.05, 4.69) is 33.8 Å². The molecule has 172 valence electrons. The lowest BCUT2D eigenvalue weighted by atomic mass is 9.78. The lowest BCUT2D eigenvalue weighted by Crippen LogP contribution is -2.49. The van der Waals surface area contributed by atoms with E-state index >= 15 is 0 Å². The van der Waals surface area contributed by atoms with Gasteiger partial charge in [0.15, 0.2) is 5.96 Å². The van der Waals surface area contributed by atoms with Crippen LogP contribution in [-0.4, -0.2) is 59.7 Å². The number of nitrogens with zero attached hydrogens (tertiary/aromatic N) is 2. The molecule has 1 heterocycles.